The lowest BCUT2D eigenvalue weighted by molar-refractivity contribution is 0.309. The Labute approximate surface area is 107 Å². The highest BCUT2D eigenvalue weighted by Crippen LogP contribution is 2.30. The number of hydrogen-bond donors (Lipinski definition) is 0. The van der Waals surface area contributed by atoms with Crippen LogP contribution in [0.3, 0.4) is 0 Å². The molecule has 0 rings (SSSR count). The third-order valence-corrected chi connectivity index (χ3v) is 2.10. The summed E-state index contributed by atoms with van der Waals surface area (Å²) in [5, 5.41) is 17.8. The van der Waals surface area contributed by atoms with Gasteiger partial charge in [0.05, 0.1) is 12.1 Å². The Hall–Kier alpha value is -1.28. The fourth-order valence-electron chi connectivity index (χ4n) is 1.63. The van der Waals surface area contributed by atoms with Gasteiger partial charge in [-0.1, -0.05) is 46.3 Å². The van der Waals surface area contributed by atoms with Crippen molar-refractivity contribution in [1.29, 1.82) is 10.5 Å². The molecular formula is C15H26N2. The van der Waals surface area contributed by atoms with Gasteiger partial charge >= 0.3 is 0 Å². The van der Waals surface area contributed by atoms with Crippen LogP contribution >= 0.6 is 0 Å². The lowest BCUT2D eigenvalue weighted by atomic mass is 9.79. The second-order valence-corrected chi connectivity index (χ2v) is 5.41. The van der Waals surface area contributed by atoms with Crippen LogP contribution in [0.2, 0.25) is 0 Å². The van der Waals surface area contributed by atoms with E-state index in [9.17, 15) is 0 Å². The van der Waals surface area contributed by atoms with Gasteiger partial charge in [0.1, 0.15) is 5.92 Å². The molecule has 0 saturated heterocycles. The van der Waals surface area contributed by atoms with Gasteiger partial charge in [-0.3, -0.25) is 0 Å². The van der Waals surface area contributed by atoms with Crippen LogP contribution < -0.4 is 0 Å². The maximum absolute atomic E-state index is 8.90. The van der Waals surface area contributed by atoms with Crippen molar-refractivity contribution < 1.29 is 0 Å². The molecule has 0 aromatic rings. The van der Waals surface area contributed by atoms with Crippen LogP contribution in [-0.2, 0) is 0 Å². The van der Waals surface area contributed by atoms with Gasteiger partial charge in [0.2, 0.25) is 0 Å². The molecular weight excluding hydrogens is 208 g/mol. The normalized spacial score (nSPS) is 11.6. The van der Waals surface area contributed by atoms with Crippen molar-refractivity contribution in [3.05, 3.63) is 11.6 Å². The van der Waals surface area contributed by atoms with Gasteiger partial charge in [-0.2, -0.15) is 10.5 Å². The first-order chi connectivity index (χ1) is 7.80. The van der Waals surface area contributed by atoms with Gasteiger partial charge in [0.15, 0.2) is 0 Å². The number of allylic oxidation sites excluding steroid dienone is 2. The monoisotopic (exact) mass is 234 g/mol. The van der Waals surface area contributed by atoms with Gasteiger partial charge in [-0.25, -0.2) is 0 Å². The molecule has 2 nitrogen and oxygen atoms in total. The highest BCUT2D eigenvalue weighted by molar-refractivity contribution is 5.11. The first-order valence-corrected chi connectivity index (χ1v) is 6.24. The SMILES string of the molecule is CC.CC(C)=CC(CC(C)(C)C)C(C#N)C#N. The quantitative estimate of drug-likeness (QED) is 0.665. The largest absolute Gasteiger partial charge is 0.197 e. The summed E-state index contributed by atoms with van der Waals surface area (Å²) in [6.45, 7) is 14.4. The number of nitriles is 2. The molecule has 0 saturated carbocycles. The van der Waals surface area contributed by atoms with E-state index in [1.54, 1.807) is 0 Å². The minimum atomic E-state index is -0.529. The molecule has 0 bridgehead atoms. The molecule has 0 aliphatic rings. The molecule has 0 aliphatic heterocycles. The van der Waals surface area contributed by atoms with Crippen molar-refractivity contribution in [3.8, 4) is 12.1 Å². The number of nitrogens with zero attached hydrogens (tertiary/aromatic N) is 2. The van der Waals surface area contributed by atoms with Gasteiger partial charge in [0, 0.05) is 5.92 Å². The van der Waals surface area contributed by atoms with E-state index in [-0.39, 0.29) is 11.3 Å². The zero-order chi connectivity index (χ0) is 14.1. The van der Waals surface area contributed by atoms with E-state index in [0.717, 1.165) is 6.42 Å². The topological polar surface area (TPSA) is 47.6 Å². The summed E-state index contributed by atoms with van der Waals surface area (Å²) < 4.78 is 0. The second kappa shape index (κ2) is 8.82. The molecule has 17 heavy (non-hydrogen) atoms. The standard InChI is InChI=1S/C13H20N2.C2H6/c1-10(2)6-11(7-13(3,4)5)12(8-14)9-15;1-2/h6,11-12H,7H2,1-5H3;1-2H3. The molecule has 0 aromatic heterocycles. The van der Waals surface area contributed by atoms with Crippen molar-refractivity contribution in [2.45, 2.75) is 54.9 Å². The van der Waals surface area contributed by atoms with E-state index in [1.165, 1.54) is 5.57 Å². The smallest absolute Gasteiger partial charge is 0.139 e. The van der Waals surface area contributed by atoms with Crippen molar-refractivity contribution in [3.63, 3.8) is 0 Å². The maximum atomic E-state index is 8.90. The van der Waals surface area contributed by atoms with Crippen molar-refractivity contribution in [2.24, 2.45) is 17.3 Å². The highest BCUT2D eigenvalue weighted by atomic mass is 14.4. The van der Waals surface area contributed by atoms with Gasteiger partial charge in [-0.05, 0) is 25.7 Å². The van der Waals surface area contributed by atoms with Crippen molar-refractivity contribution in [1.82, 2.24) is 0 Å². The van der Waals surface area contributed by atoms with Gasteiger partial charge in [-0.15, -0.1) is 0 Å². The van der Waals surface area contributed by atoms with Crippen LogP contribution in [0, 0.1) is 39.9 Å². The number of hydrogen-bond acceptors (Lipinski definition) is 2. The molecule has 0 aliphatic carbocycles. The first kappa shape index (κ1) is 18.1. The zero-order valence-electron chi connectivity index (χ0n) is 12.3. The molecule has 0 spiro atoms. The maximum Gasteiger partial charge on any atom is 0.139 e. The van der Waals surface area contributed by atoms with Crippen LogP contribution in [-0.4, -0.2) is 0 Å². The summed E-state index contributed by atoms with van der Waals surface area (Å²) in [7, 11) is 0. The molecule has 96 valence electrons. The molecule has 0 amide bonds. The number of rotatable bonds is 3. The van der Waals surface area contributed by atoms with E-state index in [1.807, 2.05) is 33.8 Å². The van der Waals surface area contributed by atoms with Crippen LogP contribution in [0.5, 0.6) is 0 Å². The summed E-state index contributed by atoms with van der Waals surface area (Å²) in [5.41, 5.74) is 1.31. The van der Waals surface area contributed by atoms with E-state index in [0.29, 0.717) is 0 Å². The predicted molar refractivity (Wildman–Crippen MR) is 73.1 cm³/mol. The molecule has 0 radical (unpaired) electrons. The fourth-order valence-corrected chi connectivity index (χ4v) is 1.63. The third kappa shape index (κ3) is 9.64. The Morgan fingerprint density at radius 2 is 1.53 bits per heavy atom. The summed E-state index contributed by atoms with van der Waals surface area (Å²) in [6, 6.07) is 4.15. The molecule has 1 atom stereocenters. The van der Waals surface area contributed by atoms with Crippen LogP contribution in [0.15, 0.2) is 11.6 Å². The minimum absolute atomic E-state index is 0.0463. The van der Waals surface area contributed by atoms with E-state index in [2.05, 4.69) is 32.9 Å². The van der Waals surface area contributed by atoms with E-state index < -0.39 is 5.92 Å². The Kier molecular flexibility index (Phi) is 9.39. The fraction of sp³-hybridized carbons (Fsp3) is 0.733. The molecule has 0 aromatic carbocycles. The lowest BCUT2D eigenvalue weighted by Gasteiger charge is -2.24. The third-order valence-electron chi connectivity index (χ3n) is 2.10. The van der Waals surface area contributed by atoms with Gasteiger partial charge < -0.3 is 0 Å². The lowest BCUT2D eigenvalue weighted by Crippen LogP contribution is -2.18. The first-order valence-electron chi connectivity index (χ1n) is 6.24. The van der Waals surface area contributed by atoms with Crippen molar-refractivity contribution >= 4 is 0 Å². The van der Waals surface area contributed by atoms with Gasteiger partial charge in [0.25, 0.3) is 0 Å². The average Bonchev–Trinajstić information content (AvgIpc) is 2.19. The van der Waals surface area contributed by atoms with E-state index in [4.69, 9.17) is 10.5 Å². The highest BCUT2D eigenvalue weighted by Gasteiger charge is 2.24. The summed E-state index contributed by atoms with van der Waals surface area (Å²) in [6.07, 6.45) is 2.91. The Balaban J connectivity index is 0. The Bertz CT molecular complexity index is 289. The van der Waals surface area contributed by atoms with Crippen molar-refractivity contribution in [2.75, 3.05) is 0 Å². The zero-order valence-corrected chi connectivity index (χ0v) is 12.3. The Morgan fingerprint density at radius 1 is 1.12 bits per heavy atom. The van der Waals surface area contributed by atoms with E-state index >= 15 is 0 Å². The average molecular weight is 234 g/mol. The molecule has 1 unspecified atom stereocenters. The predicted octanol–water partition coefficient (Wildman–Crippen LogP) is 4.69. The summed E-state index contributed by atoms with van der Waals surface area (Å²) in [4.78, 5) is 0. The molecule has 0 fully saturated rings. The van der Waals surface area contributed by atoms with Crippen LogP contribution in [0.1, 0.15) is 54.9 Å². The van der Waals surface area contributed by atoms with Crippen LogP contribution in [0.4, 0.5) is 0 Å². The molecule has 0 N–H and O–H groups in total. The second-order valence-electron chi connectivity index (χ2n) is 5.41. The molecule has 2 heteroatoms. The summed E-state index contributed by atoms with van der Waals surface area (Å²) in [5.74, 6) is -0.482. The summed E-state index contributed by atoms with van der Waals surface area (Å²) >= 11 is 0. The Morgan fingerprint density at radius 3 is 1.76 bits per heavy atom. The van der Waals surface area contributed by atoms with Crippen LogP contribution in [0.25, 0.3) is 0 Å². The minimum Gasteiger partial charge on any atom is -0.197 e. The molecule has 0 heterocycles.